The summed E-state index contributed by atoms with van der Waals surface area (Å²) in [5, 5.41) is 0.818. The standard InChI is InChI=1S/C11H13N3O/c1-7(2)14-6-9(11(12)15)8-5-13-4-3-10(8)14/h3-7H,1-2H3,(H2,12,15). The van der Waals surface area contributed by atoms with E-state index in [4.69, 9.17) is 5.73 Å². The second kappa shape index (κ2) is 3.38. The van der Waals surface area contributed by atoms with Crippen molar-refractivity contribution in [3.05, 3.63) is 30.2 Å². The smallest absolute Gasteiger partial charge is 0.250 e. The van der Waals surface area contributed by atoms with Crippen LogP contribution in [0.4, 0.5) is 0 Å². The maximum absolute atomic E-state index is 11.2. The van der Waals surface area contributed by atoms with Gasteiger partial charge in [0.15, 0.2) is 0 Å². The van der Waals surface area contributed by atoms with Crippen LogP contribution in [0.5, 0.6) is 0 Å². The molecule has 2 N–H and O–H groups in total. The molecule has 78 valence electrons. The number of aromatic nitrogens is 2. The number of hydrogen-bond donors (Lipinski definition) is 1. The van der Waals surface area contributed by atoms with Crippen LogP contribution in [0.1, 0.15) is 30.2 Å². The van der Waals surface area contributed by atoms with E-state index in [1.807, 2.05) is 10.6 Å². The highest BCUT2D eigenvalue weighted by atomic mass is 16.1. The average Bonchev–Trinajstić information content (AvgIpc) is 2.56. The number of fused-ring (bicyclic) bond motifs is 1. The van der Waals surface area contributed by atoms with Gasteiger partial charge in [-0.05, 0) is 19.9 Å². The van der Waals surface area contributed by atoms with E-state index in [9.17, 15) is 4.79 Å². The Morgan fingerprint density at radius 1 is 1.53 bits per heavy atom. The molecule has 2 aromatic rings. The van der Waals surface area contributed by atoms with Gasteiger partial charge in [-0.1, -0.05) is 0 Å². The summed E-state index contributed by atoms with van der Waals surface area (Å²) in [6, 6.07) is 2.19. The Balaban J connectivity index is 2.79. The van der Waals surface area contributed by atoms with Crippen molar-refractivity contribution < 1.29 is 4.79 Å². The molecule has 4 heteroatoms. The Hall–Kier alpha value is -1.84. The molecular weight excluding hydrogens is 190 g/mol. The summed E-state index contributed by atoms with van der Waals surface area (Å²) in [6.07, 6.45) is 5.18. The van der Waals surface area contributed by atoms with Crippen molar-refractivity contribution in [1.29, 1.82) is 0 Å². The van der Waals surface area contributed by atoms with Crippen LogP contribution in [0.3, 0.4) is 0 Å². The summed E-state index contributed by atoms with van der Waals surface area (Å²) < 4.78 is 2.02. The molecule has 0 radical (unpaired) electrons. The van der Waals surface area contributed by atoms with Crippen LogP contribution in [0.2, 0.25) is 0 Å². The highest BCUT2D eigenvalue weighted by Gasteiger charge is 2.13. The molecule has 15 heavy (non-hydrogen) atoms. The summed E-state index contributed by atoms with van der Waals surface area (Å²) in [7, 11) is 0. The quantitative estimate of drug-likeness (QED) is 0.807. The van der Waals surface area contributed by atoms with Gasteiger partial charge in [0.05, 0.1) is 11.1 Å². The van der Waals surface area contributed by atoms with Crippen LogP contribution in [0.25, 0.3) is 10.9 Å². The summed E-state index contributed by atoms with van der Waals surface area (Å²) in [6.45, 7) is 4.12. The lowest BCUT2D eigenvalue weighted by molar-refractivity contribution is 0.100. The first-order valence-corrected chi connectivity index (χ1v) is 4.85. The Bertz CT molecular complexity index is 514. The molecule has 0 unspecified atom stereocenters. The number of amides is 1. The SMILES string of the molecule is CC(C)n1cc(C(N)=O)c2cnccc21. The van der Waals surface area contributed by atoms with Crippen LogP contribution >= 0.6 is 0 Å². The molecule has 0 aliphatic carbocycles. The summed E-state index contributed by atoms with van der Waals surface area (Å²) >= 11 is 0. The van der Waals surface area contributed by atoms with Crippen molar-refractivity contribution in [3.8, 4) is 0 Å². The molecule has 0 bridgehead atoms. The van der Waals surface area contributed by atoms with Crippen molar-refractivity contribution in [1.82, 2.24) is 9.55 Å². The van der Waals surface area contributed by atoms with Crippen LogP contribution in [0, 0.1) is 0 Å². The predicted octanol–water partition coefficient (Wildman–Crippen LogP) is 1.72. The number of pyridine rings is 1. The first-order chi connectivity index (χ1) is 7.11. The third-order valence-corrected chi connectivity index (χ3v) is 2.46. The van der Waals surface area contributed by atoms with Gasteiger partial charge >= 0.3 is 0 Å². The summed E-state index contributed by atoms with van der Waals surface area (Å²) in [5.74, 6) is -0.410. The Morgan fingerprint density at radius 2 is 2.27 bits per heavy atom. The monoisotopic (exact) mass is 203 g/mol. The van der Waals surface area contributed by atoms with E-state index in [0.29, 0.717) is 11.6 Å². The minimum atomic E-state index is -0.410. The van der Waals surface area contributed by atoms with Gasteiger partial charge in [0, 0.05) is 30.0 Å². The highest BCUT2D eigenvalue weighted by Crippen LogP contribution is 2.23. The molecular formula is C11H13N3O. The lowest BCUT2D eigenvalue weighted by Gasteiger charge is -2.08. The van der Waals surface area contributed by atoms with Crippen molar-refractivity contribution in [2.75, 3.05) is 0 Å². The molecule has 0 saturated carbocycles. The van der Waals surface area contributed by atoms with Gasteiger partial charge in [-0.25, -0.2) is 0 Å². The van der Waals surface area contributed by atoms with Crippen molar-refractivity contribution in [2.45, 2.75) is 19.9 Å². The molecule has 0 atom stereocenters. The van der Waals surface area contributed by atoms with E-state index in [-0.39, 0.29) is 0 Å². The Morgan fingerprint density at radius 3 is 2.87 bits per heavy atom. The fourth-order valence-corrected chi connectivity index (χ4v) is 1.72. The van der Waals surface area contributed by atoms with E-state index >= 15 is 0 Å². The topological polar surface area (TPSA) is 60.9 Å². The van der Waals surface area contributed by atoms with Crippen molar-refractivity contribution in [3.63, 3.8) is 0 Å². The molecule has 2 heterocycles. The van der Waals surface area contributed by atoms with Crippen molar-refractivity contribution in [2.24, 2.45) is 5.73 Å². The number of hydrogen-bond acceptors (Lipinski definition) is 2. The molecule has 0 aliphatic rings. The fraction of sp³-hybridized carbons (Fsp3) is 0.273. The number of carbonyl (C=O) groups excluding carboxylic acids is 1. The van der Waals surface area contributed by atoms with Crippen LogP contribution in [-0.2, 0) is 0 Å². The second-order valence-corrected chi connectivity index (χ2v) is 3.80. The molecule has 2 rings (SSSR count). The van der Waals surface area contributed by atoms with E-state index in [1.54, 1.807) is 18.6 Å². The number of carbonyl (C=O) groups is 1. The number of nitrogens with zero attached hydrogens (tertiary/aromatic N) is 2. The Labute approximate surface area is 87.7 Å². The predicted molar refractivity (Wildman–Crippen MR) is 58.6 cm³/mol. The van der Waals surface area contributed by atoms with Crippen molar-refractivity contribution >= 4 is 16.8 Å². The average molecular weight is 203 g/mol. The van der Waals surface area contributed by atoms with E-state index in [1.165, 1.54) is 0 Å². The van der Waals surface area contributed by atoms with Gasteiger partial charge in [-0.3, -0.25) is 9.78 Å². The maximum atomic E-state index is 11.2. The normalized spacial score (nSPS) is 11.1. The van der Waals surface area contributed by atoms with Gasteiger partial charge in [0.25, 0.3) is 5.91 Å². The molecule has 0 saturated heterocycles. The van der Waals surface area contributed by atoms with Gasteiger partial charge < -0.3 is 10.3 Å². The Kier molecular flexibility index (Phi) is 2.19. The summed E-state index contributed by atoms with van der Waals surface area (Å²) in [5.41, 5.74) is 6.84. The second-order valence-electron chi connectivity index (χ2n) is 3.80. The number of rotatable bonds is 2. The van der Waals surface area contributed by atoms with E-state index in [0.717, 1.165) is 10.9 Å². The number of primary amides is 1. The first kappa shape index (κ1) is 9.71. The van der Waals surface area contributed by atoms with E-state index < -0.39 is 5.91 Å². The van der Waals surface area contributed by atoms with Gasteiger partial charge in [0.1, 0.15) is 0 Å². The van der Waals surface area contributed by atoms with Crippen LogP contribution < -0.4 is 5.73 Å². The van der Waals surface area contributed by atoms with Crippen LogP contribution in [-0.4, -0.2) is 15.5 Å². The largest absolute Gasteiger partial charge is 0.366 e. The molecule has 0 aromatic carbocycles. The molecule has 2 aromatic heterocycles. The lowest BCUT2D eigenvalue weighted by Crippen LogP contribution is -2.10. The first-order valence-electron chi connectivity index (χ1n) is 4.85. The van der Waals surface area contributed by atoms with E-state index in [2.05, 4.69) is 18.8 Å². The molecule has 0 aliphatic heterocycles. The zero-order valence-corrected chi connectivity index (χ0v) is 8.77. The highest BCUT2D eigenvalue weighted by molar-refractivity contribution is 6.05. The number of nitrogens with two attached hydrogens (primary N) is 1. The lowest BCUT2D eigenvalue weighted by atomic mass is 10.2. The molecule has 4 nitrogen and oxygen atoms in total. The van der Waals surface area contributed by atoms with Gasteiger partial charge in [0.2, 0.25) is 0 Å². The minimum Gasteiger partial charge on any atom is -0.366 e. The minimum absolute atomic E-state index is 0.294. The van der Waals surface area contributed by atoms with Crippen LogP contribution in [0.15, 0.2) is 24.7 Å². The molecule has 1 amide bonds. The van der Waals surface area contributed by atoms with Gasteiger partial charge in [-0.2, -0.15) is 0 Å². The van der Waals surface area contributed by atoms with Gasteiger partial charge in [-0.15, -0.1) is 0 Å². The zero-order valence-electron chi connectivity index (χ0n) is 8.77. The molecule has 0 spiro atoms. The summed E-state index contributed by atoms with van der Waals surface area (Å²) in [4.78, 5) is 15.2. The zero-order chi connectivity index (χ0) is 11.0. The fourth-order valence-electron chi connectivity index (χ4n) is 1.72. The third-order valence-electron chi connectivity index (χ3n) is 2.46. The maximum Gasteiger partial charge on any atom is 0.250 e. The molecule has 0 fully saturated rings. The third kappa shape index (κ3) is 1.48.